The molecule has 2 unspecified atom stereocenters. The Kier molecular flexibility index (Phi) is 4.80. The average Bonchev–Trinajstić information content (AvgIpc) is 2.59. The molecule has 1 rings (SSSR count). The maximum absolute atomic E-state index is 11.9. The summed E-state index contributed by atoms with van der Waals surface area (Å²) in [5.74, 6) is -0.989. The van der Waals surface area contributed by atoms with Gasteiger partial charge in [-0.15, -0.1) is 11.8 Å². The van der Waals surface area contributed by atoms with E-state index in [2.05, 4.69) is 5.32 Å². The quantitative estimate of drug-likeness (QED) is 0.736. The van der Waals surface area contributed by atoms with Crippen LogP contribution in [0.15, 0.2) is 0 Å². The first-order valence-corrected chi connectivity index (χ1v) is 6.38. The van der Waals surface area contributed by atoms with Crippen molar-refractivity contribution in [3.63, 3.8) is 0 Å². The molecule has 1 fully saturated rings. The van der Waals surface area contributed by atoms with E-state index in [1.807, 2.05) is 6.92 Å². The summed E-state index contributed by atoms with van der Waals surface area (Å²) in [5, 5.41) is 11.4. The van der Waals surface area contributed by atoms with Crippen molar-refractivity contribution < 1.29 is 19.5 Å². The molecule has 0 aliphatic carbocycles. The molecular weight excluding hydrogens is 244 g/mol. The van der Waals surface area contributed by atoms with Crippen LogP contribution in [0.1, 0.15) is 20.3 Å². The molecule has 0 saturated carbocycles. The monoisotopic (exact) mass is 260 g/mol. The summed E-state index contributed by atoms with van der Waals surface area (Å²) in [6.07, 6.45) is 0.133. The standard InChI is InChI=1S/C10H16N2O4S/c1-6(13)11-4-3-9(14)12-7(2)17-5-8(12)10(15)16/h7-8H,3-5H2,1-2H3,(H,11,13)(H,15,16). The van der Waals surface area contributed by atoms with E-state index in [4.69, 9.17) is 5.11 Å². The van der Waals surface area contributed by atoms with Crippen LogP contribution in [0.25, 0.3) is 0 Å². The van der Waals surface area contributed by atoms with E-state index < -0.39 is 12.0 Å². The zero-order valence-corrected chi connectivity index (χ0v) is 10.6. The van der Waals surface area contributed by atoms with E-state index in [0.717, 1.165) is 0 Å². The number of amides is 2. The number of aliphatic carboxylic acids is 1. The van der Waals surface area contributed by atoms with E-state index in [9.17, 15) is 14.4 Å². The third kappa shape index (κ3) is 3.62. The number of nitrogens with one attached hydrogen (secondary N) is 1. The fourth-order valence-electron chi connectivity index (χ4n) is 1.69. The molecule has 1 aliphatic rings. The van der Waals surface area contributed by atoms with Crippen molar-refractivity contribution in [1.29, 1.82) is 0 Å². The van der Waals surface area contributed by atoms with Crippen LogP contribution < -0.4 is 5.32 Å². The second-order valence-corrected chi connectivity index (χ2v) is 5.17. The molecule has 0 aromatic heterocycles. The molecular formula is C10H16N2O4S. The van der Waals surface area contributed by atoms with Crippen LogP contribution in [-0.2, 0) is 14.4 Å². The van der Waals surface area contributed by atoms with Crippen LogP contribution in [0.3, 0.4) is 0 Å². The normalized spacial score (nSPS) is 23.5. The number of carboxylic acid groups (broad SMARTS) is 1. The highest BCUT2D eigenvalue weighted by Gasteiger charge is 2.38. The molecule has 2 amide bonds. The predicted octanol–water partition coefficient (Wildman–Crippen LogP) is -0.113. The number of rotatable bonds is 4. The van der Waals surface area contributed by atoms with E-state index in [0.29, 0.717) is 5.75 Å². The molecule has 17 heavy (non-hydrogen) atoms. The molecule has 0 spiro atoms. The Morgan fingerprint density at radius 2 is 2.12 bits per heavy atom. The fourth-order valence-corrected chi connectivity index (χ4v) is 2.87. The molecule has 1 heterocycles. The second-order valence-electron chi connectivity index (χ2n) is 3.82. The Labute approximate surface area is 104 Å². The molecule has 1 aliphatic heterocycles. The van der Waals surface area contributed by atoms with Crippen molar-refractivity contribution in [3.05, 3.63) is 0 Å². The van der Waals surface area contributed by atoms with Crippen molar-refractivity contribution in [2.45, 2.75) is 31.7 Å². The number of thioether (sulfide) groups is 1. The molecule has 0 aromatic rings. The highest BCUT2D eigenvalue weighted by Crippen LogP contribution is 2.29. The summed E-state index contributed by atoms with van der Waals surface area (Å²) in [7, 11) is 0. The minimum Gasteiger partial charge on any atom is -0.480 e. The maximum Gasteiger partial charge on any atom is 0.327 e. The molecule has 2 atom stereocenters. The Hall–Kier alpha value is -1.24. The highest BCUT2D eigenvalue weighted by atomic mass is 32.2. The molecule has 1 saturated heterocycles. The van der Waals surface area contributed by atoms with Crippen molar-refractivity contribution in [2.24, 2.45) is 0 Å². The van der Waals surface area contributed by atoms with Crippen molar-refractivity contribution in [2.75, 3.05) is 12.3 Å². The lowest BCUT2D eigenvalue weighted by atomic mass is 10.2. The molecule has 0 radical (unpaired) electrons. The van der Waals surface area contributed by atoms with E-state index >= 15 is 0 Å². The number of carboxylic acids is 1. The molecule has 0 aromatic carbocycles. The molecule has 0 bridgehead atoms. The van der Waals surface area contributed by atoms with Gasteiger partial charge in [-0.05, 0) is 6.92 Å². The number of hydrogen-bond acceptors (Lipinski definition) is 4. The van der Waals surface area contributed by atoms with Crippen molar-refractivity contribution >= 4 is 29.5 Å². The van der Waals surface area contributed by atoms with Crippen LogP contribution >= 0.6 is 11.8 Å². The zero-order chi connectivity index (χ0) is 13.0. The van der Waals surface area contributed by atoms with Gasteiger partial charge in [0.05, 0.1) is 5.37 Å². The predicted molar refractivity (Wildman–Crippen MR) is 63.5 cm³/mol. The summed E-state index contributed by atoms with van der Waals surface area (Å²) >= 11 is 1.45. The topological polar surface area (TPSA) is 86.7 Å². The number of carbonyl (C=O) groups excluding carboxylic acids is 2. The molecule has 7 heteroatoms. The van der Waals surface area contributed by atoms with E-state index in [-0.39, 0.29) is 30.2 Å². The SMILES string of the molecule is CC(=O)NCCC(=O)N1C(C)SCC1C(=O)O. The van der Waals surface area contributed by atoms with Crippen molar-refractivity contribution in [3.8, 4) is 0 Å². The lowest BCUT2D eigenvalue weighted by molar-refractivity contribution is -0.148. The highest BCUT2D eigenvalue weighted by molar-refractivity contribution is 8.00. The number of nitrogens with zero attached hydrogens (tertiary/aromatic N) is 1. The number of carbonyl (C=O) groups is 3. The largest absolute Gasteiger partial charge is 0.480 e. The van der Waals surface area contributed by atoms with Crippen LogP contribution in [0.2, 0.25) is 0 Å². The zero-order valence-electron chi connectivity index (χ0n) is 9.80. The average molecular weight is 260 g/mol. The minimum atomic E-state index is -0.977. The first-order valence-electron chi connectivity index (χ1n) is 5.33. The second kappa shape index (κ2) is 5.90. The lowest BCUT2D eigenvalue weighted by Gasteiger charge is -2.25. The Morgan fingerprint density at radius 1 is 1.47 bits per heavy atom. The van der Waals surface area contributed by atoms with Crippen LogP contribution in [0.5, 0.6) is 0 Å². The lowest BCUT2D eigenvalue weighted by Crippen LogP contribution is -2.45. The summed E-state index contributed by atoms with van der Waals surface area (Å²) in [5.41, 5.74) is 0. The van der Waals surface area contributed by atoms with Gasteiger partial charge in [0.25, 0.3) is 0 Å². The number of hydrogen-bond donors (Lipinski definition) is 2. The maximum atomic E-state index is 11.9. The first kappa shape index (κ1) is 13.8. The summed E-state index contributed by atoms with van der Waals surface area (Å²) in [6, 6.07) is -0.750. The van der Waals surface area contributed by atoms with Gasteiger partial charge in [0.1, 0.15) is 6.04 Å². The van der Waals surface area contributed by atoms with Crippen LogP contribution in [-0.4, -0.2) is 51.5 Å². The molecule has 6 nitrogen and oxygen atoms in total. The Morgan fingerprint density at radius 3 is 2.65 bits per heavy atom. The molecule has 2 N–H and O–H groups in total. The third-order valence-corrected chi connectivity index (χ3v) is 3.73. The van der Waals surface area contributed by atoms with Gasteiger partial charge < -0.3 is 15.3 Å². The first-order chi connectivity index (χ1) is 7.93. The summed E-state index contributed by atoms with van der Waals surface area (Å²) in [6.45, 7) is 3.43. The Balaban J connectivity index is 2.53. The van der Waals surface area contributed by atoms with Crippen molar-refractivity contribution in [1.82, 2.24) is 10.2 Å². The van der Waals surface area contributed by atoms with Gasteiger partial charge in [-0.2, -0.15) is 0 Å². The van der Waals surface area contributed by atoms with E-state index in [1.54, 1.807) is 0 Å². The Bertz CT molecular complexity index is 334. The smallest absolute Gasteiger partial charge is 0.327 e. The fraction of sp³-hybridized carbons (Fsp3) is 0.700. The van der Waals surface area contributed by atoms with Gasteiger partial charge in [0.15, 0.2) is 0 Å². The van der Waals surface area contributed by atoms with E-state index in [1.165, 1.54) is 23.6 Å². The van der Waals surface area contributed by atoms with Gasteiger partial charge in [0.2, 0.25) is 11.8 Å². The summed E-state index contributed by atoms with van der Waals surface area (Å²) < 4.78 is 0. The van der Waals surface area contributed by atoms with Gasteiger partial charge in [-0.3, -0.25) is 9.59 Å². The molecule has 96 valence electrons. The van der Waals surface area contributed by atoms with Gasteiger partial charge in [-0.25, -0.2) is 4.79 Å². The third-order valence-electron chi connectivity index (χ3n) is 2.51. The van der Waals surface area contributed by atoms with Gasteiger partial charge >= 0.3 is 5.97 Å². The van der Waals surface area contributed by atoms with Gasteiger partial charge in [0, 0.05) is 25.6 Å². The minimum absolute atomic E-state index is 0.124. The van der Waals surface area contributed by atoms with Crippen LogP contribution in [0.4, 0.5) is 0 Å². The summed E-state index contributed by atoms with van der Waals surface area (Å²) in [4.78, 5) is 34.9. The van der Waals surface area contributed by atoms with Crippen LogP contribution in [0, 0.1) is 0 Å². The van der Waals surface area contributed by atoms with Gasteiger partial charge in [-0.1, -0.05) is 0 Å².